The molecular weight excluding hydrogens is 380 g/mol. The molecule has 0 heterocycles. The number of rotatable bonds is 5. The Bertz CT molecular complexity index is 1100. The average Bonchev–Trinajstić information content (AvgIpc) is 2.75. The van der Waals surface area contributed by atoms with Crippen LogP contribution < -0.4 is 5.73 Å². The molecule has 0 aromatic heterocycles. The molecule has 2 unspecified atom stereocenters. The van der Waals surface area contributed by atoms with Crippen molar-refractivity contribution in [2.45, 2.75) is 16.9 Å². The van der Waals surface area contributed by atoms with Crippen molar-refractivity contribution >= 4 is 22.5 Å². The minimum absolute atomic E-state index is 0.197. The number of benzene rings is 3. The molecule has 0 saturated heterocycles. The molecule has 0 fully saturated rings. The molecule has 4 N–H and O–H groups in total. The number of nitriles is 2. The highest BCUT2D eigenvalue weighted by atomic mass is 32.2. The van der Waals surface area contributed by atoms with Gasteiger partial charge in [-0.05, 0) is 53.1 Å². The van der Waals surface area contributed by atoms with Crippen LogP contribution in [0.15, 0.2) is 77.7 Å². The Kier molecular flexibility index (Phi) is 6.31. The van der Waals surface area contributed by atoms with Gasteiger partial charge in [0.05, 0.1) is 22.7 Å². The Morgan fingerprint density at radius 2 is 1.59 bits per heavy atom. The molecule has 0 bridgehead atoms. The molecule has 0 aliphatic carbocycles. The first-order valence-electron chi connectivity index (χ1n) is 8.81. The van der Waals surface area contributed by atoms with Crippen LogP contribution in [0.2, 0.25) is 0 Å². The first-order chi connectivity index (χ1) is 14.0. The minimum atomic E-state index is -0.888. The predicted molar refractivity (Wildman–Crippen MR) is 114 cm³/mol. The maximum absolute atomic E-state index is 10.7. The maximum atomic E-state index is 10.7. The predicted octanol–water partition coefficient (Wildman–Crippen LogP) is 4.60. The van der Waals surface area contributed by atoms with Crippen LogP contribution in [0.25, 0.3) is 0 Å². The molecule has 5 nitrogen and oxygen atoms in total. The lowest BCUT2D eigenvalue weighted by Crippen LogP contribution is -2.08. The summed E-state index contributed by atoms with van der Waals surface area (Å²) in [5.74, 6) is -0.745. The quantitative estimate of drug-likeness (QED) is 0.251. The van der Waals surface area contributed by atoms with Crippen molar-refractivity contribution in [3.63, 3.8) is 0 Å². The first kappa shape index (κ1) is 20.2. The van der Waals surface area contributed by atoms with E-state index in [1.807, 2.05) is 18.2 Å². The summed E-state index contributed by atoms with van der Waals surface area (Å²) in [6.45, 7) is 0. The minimum Gasteiger partial charge on any atom is -0.399 e. The zero-order chi connectivity index (χ0) is 20.8. The van der Waals surface area contributed by atoms with Gasteiger partial charge in [0.15, 0.2) is 0 Å². The topological polar surface area (TPSA) is 118 Å². The molecule has 3 rings (SSSR count). The van der Waals surface area contributed by atoms with E-state index >= 15 is 0 Å². The molecule has 3 aromatic rings. The fourth-order valence-corrected chi connectivity index (χ4v) is 3.68. The maximum Gasteiger partial charge on any atom is 0.119 e. The van der Waals surface area contributed by atoms with Crippen molar-refractivity contribution in [2.24, 2.45) is 0 Å². The van der Waals surface area contributed by atoms with Crippen LogP contribution in [0.3, 0.4) is 0 Å². The van der Waals surface area contributed by atoms with E-state index in [-0.39, 0.29) is 5.04 Å². The van der Waals surface area contributed by atoms with Gasteiger partial charge in [0.2, 0.25) is 0 Å². The van der Waals surface area contributed by atoms with E-state index in [1.54, 1.807) is 60.7 Å². The van der Waals surface area contributed by atoms with Gasteiger partial charge in [0.1, 0.15) is 12.0 Å². The highest BCUT2D eigenvalue weighted by Crippen LogP contribution is 2.31. The highest BCUT2D eigenvalue weighted by molar-refractivity contribution is 8.14. The lowest BCUT2D eigenvalue weighted by molar-refractivity contribution is 0.220. The third-order valence-electron chi connectivity index (χ3n) is 4.41. The number of nitrogens with one attached hydrogen (secondary N) is 1. The Morgan fingerprint density at radius 3 is 2.21 bits per heavy atom. The van der Waals surface area contributed by atoms with E-state index < -0.39 is 12.0 Å². The van der Waals surface area contributed by atoms with Crippen molar-refractivity contribution in [3.8, 4) is 12.1 Å². The molecular formula is C23H18N4OS. The Morgan fingerprint density at radius 1 is 0.931 bits per heavy atom. The number of nitrogen functional groups attached to an aromatic ring is 1. The standard InChI is InChI=1S/C23H18N4OS/c24-13-15-4-6-16(7-5-15)22(28)18-3-1-2-17(12-18)21(14-25)23(27)29-20-10-8-19(26)9-11-20/h1-12,21-22,27-28H,26H2. The second kappa shape index (κ2) is 9.07. The van der Waals surface area contributed by atoms with E-state index in [4.69, 9.17) is 16.4 Å². The van der Waals surface area contributed by atoms with Crippen molar-refractivity contribution in [2.75, 3.05) is 5.73 Å². The number of nitrogens with zero attached hydrogens (tertiary/aromatic N) is 2. The fourth-order valence-electron chi connectivity index (χ4n) is 2.85. The van der Waals surface area contributed by atoms with E-state index in [9.17, 15) is 10.4 Å². The summed E-state index contributed by atoms with van der Waals surface area (Å²) in [5.41, 5.74) is 8.77. The number of anilines is 1. The van der Waals surface area contributed by atoms with Gasteiger partial charge < -0.3 is 10.8 Å². The fraction of sp³-hybridized carbons (Fsp3) is 0.0870. The summed E-state index contributed by atoms with van der Waals surface area (Å²) in [7, 11) is 0. The van der Waals surface area contributed by atoms with Crippen LogP contribution in [0, 0.1) is 28.1 Å². The van der Waals surface area contributed by atoms with Gasteiger partial charge in [0.25, 0.3) is 0 Å². The van der Waals surface area contributed by atoms with Crippen molar-refractivity contribution in [1.29, 1.82) is 15.9 Å². The van der Waals surface area contributed by atoms with Gasteiger partial charge in [-0.1, -0.05) is 48.2 Å². The molecule has 0 spiro atoms. The molecule has 6 heteroatoms. The molecule has 0 aliphatic rings. The second-order valence-corrected chi connectivity index (χ2v) is 7.52. The molecule has 2 atom stereocenters. The summed E-state index contributed by atoms with van der Waals surface area (Å²) in [6.07, 6.45) is -0.888. The molecule has 0 aliphatic heterocycles. The largest absolute Gasteiger partial charge is 0.399 e. The van der Waals surface area contributed by atoms with Crippen LogP contribution in [0.4, 0.5) is 5.69 Å². The lowest BCUT2D eigenvalue weighted by atomic mass is 9.95. The van der Waals surface area contributed by atoms with Gasteiger partial charge >= 0.3 is 0 Å². The highest BCUT2D eigenvalue weighted by Gasteiger charge is 2.20. The van der Waals surface area contributed by atoms with Gasteiger partial charge in [-0.2, -0.15) is 10.5 Å². The number of hydrogen-bond acceptors (Lipinski definition) is 6. The van der Waals surface area contributed by atoms with Gasteiger partial charge in [-0.25, -0.2) is 0 Å². The van der Waals surface area contributed by atoms with Crippen molar-refractivity contribution < 1.29 is 5.11 Å². The smallest absolute Gasteiger partial charge is 0.119 e. The lowest BCUT2D eigenvalue weighted by Gasteiger charge is -2.16. The molecule has 142 valence electrons. The summed E-state index contributed by atoms with van der Waals surface area (Å²) in [4.78, 5) is 0.832. The summed E-state index contributed by atoms with van der Waals surface area (Å²) >= 11 is 1.21. The third kappa shape index (κ3) is 4.83. The molecule has 29 heavy (non-hydrogen) atoms. The van der Waals surface area contributed by atoms with Crippen molar-refractivity contribution in [1.82, 2.24) is 0 Å². The number of aliphatic hydroxyl groups is 1. The first-order valence-corrected chi connectivity index (χ1v) is 9.63. The second-order valence-electron chi connectivity index (χ2n) is 6.40. The summed E-state index contributed by atoms with van der Waals surface area (Å²) in [6, 6.07) is 25.2. The van der Waals surface area contributed by atoms with Crippen LogP contribution >= 0.6 is 11.8 Å². The third-order valence-corrected chi connectivity index (χ3v) is 5.38. The Labute approximate surface area is 173 Å². The normalized spacial score (nSPS) is 12.4. The molecule has 0 amide bonds. The molecule has 3 aromatic carbocycles. The number of thioether (sulfide) groups is 1. The van der Waals surface area contributed by atoms with Crippen LogP contribution in [-0.2, 0) is 0 Å². The molecule has 0 radical (unpaired) electrons. The summed E-state index contributed by atoms with van der Waals surface area (Å²) < 4.78 is 0. The van der Waals surface area contributed by atoms with E-state index in [1.165, 1.54) is 11.8 Å². The number of nitrogens with two attached hydrogens (primary N) is 1. The SMILES string of the molecule is N#Cc1ccc(C(O)c2cccc(C(C#N)C(=N)Sc3ccc(N)cc3)c2)cc1. The van der Waals surface area contributed by atoms with Crippen molar-refractivity contribution in [3.05, 3.63) is 95.1 Å². The zero-order valence-electron chi connectivity index (χ0n) is 15.4. The van der Waals surface area contributed by atoms with E-state index in [0.29, 0.717) is 27.9 Å². The van der Waals surface area contributed by atoms with E-state index in [2.05, 4.69) is 6.07 Å². The van der Waals surface area contributed by atoms with Crippen LogP contribution in [-0.4, -0.2) is 10.2 Å². The summed E-state index contributed by atoms with van der Waals surface area (Å²) in [5, 5.41) is 37.8. The molecule has 0 saturated carbocycles. The number of aliphatic hydroxyl groups excluding tert-OH is 1. The van der Waals surface area contributed by atoms with Gasteiger partial charge in [-0.3, -0.25) is 5.41 Å². The Balaban J connectivity index is 1.82. The van der Waals surface area contributed by atoms with Crippen LogP contribution in [0.1, 0.15) is 34.3 Å². The van der Waals surface area contributed by atoms with Gasteiger partial charge in [0, 0.05) is 10.6 Å². The van der Waals surface area contributed by atoms with E-state index in [0.717, 1.165) is 4.90 Å². The van der Waals surface area contributed by atoms with Crippen LogP contribution in [0.5, 0.6) is 0 Å². The Hall–Kier alpha value is -3.58. The zero-order valence-corrected chi connectivity index (χ0v) is 16.2. The average molecular weight is 398 g/mol. The number of hydrogen-bond donors (Lipinski definition) is 3. The van der Waals surface area contributed by atoms with Gasteiger partial charge in [-0.15, -0.1) is 0 Å². The monoisotopic (exact) mass is 398 g/mol.